The van der Waals surface area contributed by atoms with Crippen molar-refractivity contribution in [3.63, 3.8) is 0 Å². The number of urea groups is 1. The fraction of sp³-hybridized carbons (Fsp3) is 0.486. The van der Waals surface area contributed by atoms with E-state index in [-0.39, 0.29) is 18.5 Å². The van der Waals surface area contributed by atoms with Crippen LogP contribution >= 0.6 is 0 Å². The average Bonchev–Trinajstić information content (AvgIpc) is 3.47. The van der Waals surface area contributed by atoms with Gasteiger partial charge in [0.25, 0.3) is 0 Å². The predicted molar refractivity (Wildman–Crippen MR) is 179 cm³/mol. The number of likely N-dealkylation sites (tertiary alicyclic amines) is 1. The summed E-state index contributed by atoms with van der Waals surface area (Å²) < 4.78 is 5.63. The number of hydrogen-bond acceptors (Lipinski definition) is 6. The van der Waals surface area contributed by atoms with Gasteiger partial charge in [-0.05, 0) is 83.2 Å². The number of unbranched alkanes of at least 4 members (excludes halogenated alkanes) is 1. The summed E-state index contributed by atoms with van der Waals surface area (Å²) in [5, 5.41) is 9.74. The standard InChI is InChI=1S/C35H48N6O5/c1-23(27-21-37-28-17-9-8-16-26(27)28)30(32(43)39-29(18-10-11-19-36)33(44)46-35(2,3)4)40-31(42)24-13-12-20-41(22-24)34(45)38-25-14-6-5-7-15-25/h5-9,14-17,21,23-24,29-30,37H,10-13,18-20,22,36H2,1-4H3,(H,38,45)(H,39,43)(H,40,42). The highest BCUT2D eigenvalue weighted by molar-refractivity contribution is 5.94. The van der Waals surface area contributed by atoms with Crippen LogP contribution in [0.15, 0.2) is 60.8 Å². The lowest BCUT2D eigenvalue weighted by Gasteiger charge is -2.34. The van der Waals surface area contributed by atoms with Crippen molar-refractivity contribution in [1.82, 2.24) is 20.5 Å². The highest BCUT2D eigenvalue weighted by atomic mass is 16.6. The fourth-order valence-corrected chi connectivity index (χ4v) is 5.81. The molecule has 11 heteroatoms. The molecule has 1 aliphatic heterocycles. The second-order valence-electron chi connectivity index (χ2n) is 13.0. The van der Waals surface area contributed by atoms with Gasteiger partial charge in [0.1, 0.15) is 17.7 Å². The zero-order valence-electron chi connectivity index (χ0n) is 27.3. The van der Waals surface area contributed by atoms with Gasteiger partial charge in [0.15, 0.2) is 0 Å². The Kier molecular flexibility index (Phi) is 11.8. The summed E-state index contributed by atoms with van der Waals surface area (Å²) in [5.41, 5.74) is 7.40. The van der Waals surface area contributed by atoms with E-state index in [2.05, 4.69) is 20.9 Å². The number of nitrogens with one attached hydrogen (secondary N) is 4. The Morgan fingerprint density at radius 1 is 1.02 bits per heavy atom. The van der Waals surface area contributed by atoms with Crippen molar-refractivity contribution in [3.8, 4) is 0 Å². The summed E-state index contributed by atoms with van der Waals surface area (Å²) in [5.74, 6) is -2.29. The van der Waals surface area contributed by atoms with Gasteiger partial charge in [0.2, 0.25) is 11.8 Å². The van der Waals surface area contributed by atoms with Crippen LogP contribution in [0.1, 0.15) is 71.3 Å². The molecule has 11 nitrogen and oxygen atoms in total. The van der Waals surface area contributed by atoms with Crippen LogP contribution in [-0.2, 0) is 19.1 Å². The molecule has 1 aliphatic rings. The molecule has 4 atom stereocenters. The third kappa shape index (κ3) is 9.32. The monoisotopic (exact) mass is 632 g/mol. The number of anilines is 1. The van der Waals surface area contributed by atoms with Crippen LogP contribution in [-0.4, -0.2) is 71.0 Å². The molecule has 0 aliphatic carbocycles. The van der Waals surface area contributed by atoms with Crippen LogP contribution in [0.3, 0.4) is 0 Å². The molecular weight excluding hydrogens is 584 g/mol. The Hall–Kier alpha value is -4.38. The first kappa shape index (κ1) is 34.5. The number of esters is 1. The number of para-hydroxylation sites is 2. The molecule has 248 valence electrons. The van der Waals surface area contributed by atoms with Crippen LogP contribution in [0.2, 0.25) is 0 Å². The summed E-state index contributed by atoms with van der Waals surface area (Å²) in [7, 11) is 0. The maximum absolute atomic E-state index is 14.1. The lowest BCUT2D eigenvalue weighted by Crippen LogP contribution is -2.56. The Morgan fingerprint density at radius 3 is 2.46 bits per heavy atom. The van der Waals surface area contributed by atoms with Crippen molar-refractivity contribution in [2.45, 2.75) is 83.4 Å². The lowest BCUT2D eigenvalue weighted by atomic mass is 9.90. The largest absolute Gasteiger partial charge is 0.458 e. The Labute approximate surface area is 271 Å². The smallest absolute Gasteiger partial charge is 0.329 e. The van der Waals surface area contributed by atoms with E-state index >= 15 is 0 Å². The third-order valence-corrected chi connectivity index (χ3v) is 8.25. The second kappa shape index (κ2) is 15.8. The van der Waals surface area contributed by atoms with Gasteiger partial charge in [-0.15, -0.1) is 0 Å². The van der Waals surface area contributed by atoms with Crippen LogP contribution in [0, 0.1) is 5.92 Å². The minimum absolute atomic E-state index is 0.222. The number of aromatic amines is 1. The number of carbonyl (C=O) groups is 4. The first-order valence-electron chi connectivity index (χ1n) is 16.2. The lowest BCUT2D eigenvalue weighted by molar-refractivity contribution is -0.159. The van der Waals surface area contributed by atoms with Crippen LogP contribution in [0.25, 0.3) is 10.9 Å². The summed E-state index contributed by atoms with van der Waals surface area (Å²) in [4.78, 5) is 59.0. The topological polar surface area (TPSA) is 159 Å². The minimum atomic E-state index is -1.00. The zero-order valence-corrected chi connectivity index (χ0v) is 27.3. The Bertz CT molecular complexity index is 1480. The fourth-order valence-electron chi connectivity index (χ4n) is 5.81. The van der Waals surface area contributed by atoms with Crippen LogP contribution < -0.4 is 21.7 Å². The molecular formula is C35H48N6O5. The maximum Gasteiger partial charge on any atom is 0.329 e. The molecule has 4 amide bonds. The van der Waals surface area contributed by atoms with Gasteiger partial charge in [0, 0.05) is 41.8 Å². The van der Waals surface area contributed by atoms with Crippen LogP contribution in [0.5, 0.6) is 0 Å². The van der Waals surface area contributed by atoms with Gasteiger partial charge in [-0.25, -0.2) is 9.59 Å². The predicted octanol–water partition coefficient (Wildman–Crippen LogP) is 4.66. The molecule has 6 N–H and O–H groups in total. The normalized spacial score (nSPS) is 17.1. The van der Waals surface area contributed by atoms with Crippen molar-refractivity contribution in [2.75, 3.05) is 25.0 Å². The molecule has 3 aromatic rings. The van der Waals surface area contributed by atoms with E-state index in [1.165, 1.54) is 0 Å². The van der Waals surface area contributed by atoms with Crippen molar-refractivity contribution < 1.29 is 23.9 Å². The molecule has 0 bridgehead atoms. The molecule has 0 radical (unpaired) electrons. The van der Waals surface area contributed by atoms with Gasteiger partial charge in [-0.1, -0.05) is 43.3 Å². The highest BCUT2D eigenvalue weighted by Gasteiger charge is 2.36. The number of carbonyl (C=O) groups excluding carboxylic acids is 4. The van der Waals surface area contributed by atoms with Gasteiger partial charge in [0.05, 0.1) is 5.92 Å². The highest BCUT2D eigenvalue weighted by Crippen LogP contribution is 2.29. The molecule has 1 saturated heterocycles. The van der Waals surface area contributed by atoms with Crippen molar-refractivity contribution in [3.05, 3.63) is 66.4 Å². The molecule has 4 unspecified atom stereocenters. The molecule has 2 aromatic carbocycles. The van der Waals surface area contributed by atoms with E-state index in [1.54, 1.807) is 25.7 Å². The third-order valence-electron chi connectivity index (χ3n) is 8.25. The summed E-state index contributed by atoms with van der Waals surface area (Å²) in [6.45, 7) is 8.43. The van der Waals surface area contributed by atoms with E-state index in [1.807, 2.05) is 67.7 Å². The van der Waals surface area contributed by atoms with Gasteiger partial charge < -0.3 is 36.3 Å². The van der Waals surface area contributed by atoms with E-state index in [0.29, 0.717) is 50.9 Å². The van der Waals surface area contributed by atoms with E-state index in [9.17, 15) is 19.2 Å². The summed E-state index contributed by atoms with van der Waals surface area (Å²) >= 11 is 0. The number of rotatable bonds is 12. The first-order chi connectivity index (χ1) is 22.0. The van der Waals surface area contributed by atoms with E-state index in [0.717, 1.165) is 16.5 Å². The molecule has 46 heavy (non-hydrogen) atoms. The number of H-pyrrole nitrogens is 1. The number of nitrogens with two attached hydrogens (primary N) is 1. The first-order valence-corrected chi connectivity index (χ1v) is 16.2. The maximum atomic E-state index is 14.1. The quantitative estimate of drug-likeness (QED) is 0.144. The van der Waals surface area contributed by atoms with E-state index < -0.39 is 41.4 Å². The number of piperidine rings is 1. The Morgan fingerprint density at radius 2 is 1.74 bits per heavy atom. The molecule has 0 saturated carbocycles. The zero-order chi connectivity index (χ0) is 33.3. The number of nitrogens with zero attached hydrogens (tertiary/aromatic N) is 1. The molecule has 2 heterocycles. The Balaban J connectivity index is 1.55. The van der Waals surface area contributed by atoms with Gasteiger partial charge in [-0.3, -0.25) is 9.59 Å². The molecule has 0 spiro atoms. The number of fused-ring (bicyclic) bond motifs is 1. The van der Waals surface area contributed by atoms with Crippen molar-refractivity contribution >= 4 is 40.4 Å². The van der Waals surface area contributed by atoms with Crippen molar-refractivity contribution in [2.24, 2.45) is 11.7 Å². The molecule has 1 fully saturated rings. The number of amides is 4. The summed E-state index contributed by atoms with van der Waals surface area (Å²) in [6.07, 6.45) is 4.75. The number of hydrogen-bond donors (Lipinski definition) is 5. The number of aromatic nitrogens is 1. The average molecular weight is 633 g/mol. The molecule has 1 aromatic heterocycles. The number of ether oxygens (including phenoxy) is 1. The summed E-state index contributed by atoms with van der Waals surface area (Å²) in [6, 6.07) is 14.8. The van der Waals surface area contributed by atoms with E-state index in [4.69, 9.17) is 10.5 Å². The van der Waals surface area contributed by atoms with Gasteiger partial charge >= 0.3 is 12.0 Å². The minimum Gasteiger partial charge on any atom is -0.458 e. The number of benzene rings is 2. The molecule has 4 rings (SSSR count). The van der Waals surface area contributed by atoms with Gasteiger partial charge in [-0.2, -0.15) is 0 Å². The van der Waals surface area contributed by atoms with Crippen LogP contribution in [0.4, 0.5) is 10.5 Å². The second-order valence-corrected chi connectivity index (χ2v) is 13.0. The SMILES string of the molecule is CC(c1c[nH]c2ccccc12)C(NC(=O)C1CCCN(C(=O)Nc2ccccc2)C1)C(=O)NC(CCCCN)C(=O)OC(C)(C)C. The van der Waals surface area contributed by atoms with Crippen molar-refractivity contribution in [1.29, 1.82) is 0 Å².